The maximum Gasteiger partial charge on any atom is 0.332 e. The van der Waals surface area contributed by atoms with E-state index in [-0.39, 0.29) is 44.7 Å². The fraction of sp³-hybridized carbons (Fsp3) is 0.857. The lowest BCUT2D eigenvalue weighted by molar-refractivity contribution is -0.492. The summed E-state index contributed by atoms with van der Waals surface area (Å²) in [7, 11) is 0. The zero-order valence-electron chi connectivity index (χ0n) is 21.9. The van der Waals surface area contributed by atoms with Gasteiger partial charge in [0.15, 0.2) is 6.04 Å². The van der Waals surface area contributed by atoms with Crippen molar-refractivity contribution in [2.45, 2.75) is 83.1 Å². The summed E-state index contributed by atoms with van der Waals surface area (Å²) in [5.41, 5.74) is 0. The predicted molar refractivity (Wildman–Crippen MR) is 123 cm³/mol. The van der Waals surface area contributed by atoms with Gasteiger partial charge in [-0.3, -0.25) is 55.3 Å². The fourth-order valence-corrected chi connectivity index (χ4v) is 3.07. The number of carbonyl (C=O) groups is 3. The van der Waals surface area contributed by atoms with E-state index in [0.29, 0.717) is 64.2 Å². The molecule has 0 bridgehead atoms. The maximum atomic E-state index is 12.5. The Labute approximate surface area is 225 Å². The van der Waals surface area contributed by atoms with E-state index in [1.54, 1.807) is 0 Å². The van der Waals surface area contributed by atoms with Crippen LogP contribution in [0.2, 0.25) is 0 Å². The number of unbranched alkanes of at least 4 members (excludes halogenated alkanes) is 7. The van der Waals surface area contributed by atoms with Crippen LogP contribution >= 0.6 is 0 Å². The summed E-state index contributed by atoms with van der Waals surface area (Å²) in [4.78, 5) is 50.1. The highest BCUT2D eigenvalue weighted by atomic mass is 17.1. The number of nitrogens with one attached hydrogen (secondary N) is 1. The van der Waals surface area contributed by atoms with Crippen molar-refractivity contribution in [1.82, 2.24) is 21.5 Å². The molecule has 18 heteroatoms. The fourth-order valence-electron chi connectivity index (χ4n) is 3.07. The molecule has 0 saturated heterocycles. The van der Waals surface area contributed by atoms with Crippen molar-refractivity contribution in [2.24, 2.45) is 0 Å². The van der Waals surface area contributed by atoms with E-state index in [1.807, 2.05) is 0 Å². The first kappa shape index (κ1) is 36.9. The average molecular weight is 575 g/mol. The molecule has 0 spiro atoms. The summed E-state index contributed by atoms with van der Waals surface area (Å²) in [6.07, 6.45) is 5.46. The van der Waals surface area contributed by atoms with E-state index >= 15 is 0 Å². The summed E-state index contributed by atoms with van der Waals surface area (Å²) >= 11 is 0. The molecule has 1 amide bonds. The Morgan fingerprint density at radius 2 is 1.00 bits per heavy atom. The Bertz CT molecular complexity index is 642. The van der Waals surface area contributed by atoms with Crippen LogP contribution in [-0.4, -0.2) is 104 Å². The molecule has 0 heterocycles. The molecule has 18 nitrogen and oxygen atoms in total. The molecule has 0 aliphatic heterocycles. The van der Waals surface area contributed by atoms with Gasteiger partial charge in [0, 0.05) is 12.8 Å². The highest BCUT2D eigenvalue weighted by Gasteiger charge is 2.24. The van der Waals surface area contributed by atoms with Crippen LogP contribution in [0.25, 0.3) is 0 Å². The first-order chi connectivity index (χ1) is 18.6. The number of rotatable bonds is 26. The van der Waals surface area contributed by atoms with Gasteiger partial charge >= 0.3 is 11.9 Å². The number of ether oxygens (including phenoxy) is 2. The molecule has 0 fully saturated rings. The van der Waals surface area contributed by atoms with Crippen molar-refractivity contribution >= 4 is 17.8 Å². The van der Waals surface area contributed by atoms with Gasteiger partial charge in [0.2, 0.25) is 5.91 Å². The normalized spacial score (nSPS) is 12.2. The summed E-state index contributed by atoms with van der Waals surface area (Å²) < 4.78 is 10.4. The number of esters is 2. The van der Waals surface area contributed by atoms with Crippen molar-refractivity contribution in [3.05, 3.63) is 0 Å². The van der Waals surface area contributed by atoms with E-state index in [4.69, 9.17) is 40.7 Å². The zero-order chi connectivity index (χ0) is 29.3. The molecule has 0 saturated carbocycles. The van der Waals surface area contributed by atoms with Gasteiger partial charge in [0.05, 0.1) is 42.6 Å². The van der Waals surface area contributed by atoms with Gasteiger partial charge in [0.1, 0.15) is 6.61 Å². The molecule has 0 aliphatic rings. The van der Waals surface area contributed by atoms with Gasteiger partial charge in [-0.25, -0.2) is 4.79 Å². The van der Waals surface area contributed by atoms with Crippen molar-refractivity contribution < 1.29 is 69.6 Å². The van der Waals surface area contributed by atoms with Gasteiger partial charge in [-0.1, -0.05) is 19.3 Å². The second kappa shape index (κ2) is 24.9. The van der Waals surface area contributed by atoms with Crippen LogP contribution in [0.3, 0.4) is 0 Å². The quantitative estimate of drug-likeness (QED) is 0.0437. The van der Waals surface area contributed by atoms with Gasteiger partial charge in [-0.05, 0) is 44.9 Å². The Kier molecular flexibility index (Phi) is 23.6. The van der Waals surface area contributed by atoms with Crippen molar-refractivity contribution in [3.8, 4) is 0 Å². The van der Waals surface area contributed by atoms with Gasteiger partial charge in [0.25, 0.3) is 0 Å². The summed E-state index contributed by atoms with van der Waals surface area (Å²) in [6.45, 7) is -0.141. The summed E-state index contributed by atoms with van der Waals surface area (Å²) in [5.74, 6) is -1.80. The molecule has 0 aliphatic carbocycles. The monoisotopic (exact) mass is 574 g/mol. The third-order valence-electron chi connectivity index (χ3n) is 5.01. The van der Waals surface area contributed by atoms with Gasteiger partial charge in [-0.15, -0.1) is 0 Å². The minimum atomic E-state index is -1.20. The molecule has 0 aromatic heterocycles. The van der Waals surface area contributed by atoms with Crippen LogP contribution in [0.4, 0.5) is 0 Å². The third kappa shape index (κ3) is 25.9. The first-order valence-corrected chi connectivity index (χ1v) is 12.7. The van der Waals surface area contributed by atoms with E-state index < -0.39 is 41.3 Å². The highest BCUT2D eigenvalue weighted by molar-refractivity contribution is 5.84. The van der Waals surface area contributed by atoms with Crippen LogP contribution in [0.1, 0.15) is 77.0 Å². The second-order valence-corrected chi connectivity index (χ2v) is 8.26. The Morgan fingerprint density at radius 3 is 1.49 bits per heavy atom. The first-order valence-electron chi connectivity index (χ1n) is 12.7. The van der Waals surface area contributed by atoms with E-state index in [2.05, 4.69) is 19.8 Å². The molecule has 230 valence electrons. The van der Waals surface area contributed by atoms with Crippen LogP contribution in [0, 0.1) is 0 Å². The lowest BCUT2D eigenvalue weighted by Gasteiger charge is -2.18. The Morgan fingerprint density at radius 1 is 0.564 bits per heavy atom. The van der Waals surface area contributed by atoms with Crippen LogP contribution in [-0.2, 0) is 38.4 Å². The average Bonchev–Trinajstić information content (AvgIpc) is 2.86. The number of hydrogen-bond donors (Lipinski definition) is 7. The van der Waals surface area contributed by atoms with Crippen molar-refractivity contribution in [2.75, 3.05) is 33.0 Å². The van der Waals surface area contributed by atoms with Crippen molar-refractivity contribution in [1.29, 1.82) is 0 Å². The van der Waals surface area contributed by atoms with E-state index in [1.165, 1.54) is 0 Å². The van der Waals surface area contributed by atoms with Gasteiger partial charge in [-0.2, -0.15) is 0 Å². The standard InChI is InChI=1S/C21H42N4O14/c26-19(11-5-3-9-15-38-24(31)32)22-18(17-36-20(27)12-6-4-10-16-39-25(33)34)21(28)35-13-7-1-2-8-14-37-23(29)30/h18,29-34H,1-17H2,(H,22,26). The molecule has 0 aromatic rings. The number of nitrogens with zero attached hydrogens (tertiary/aromatic N) is 3. The molecule has 0 aromatic carbocycles. The smallest absolute Gasteiger partial charge is 0.332 e. The molecule has 7 N–H and O–H groups in total. The van der Waals surface area contributed by atoms with Crippen LogP contribution < -0.4 is 5.32 Å². The van der Waals surface area contributed by atoms with E-state index in [0.717, 1.165) is 0 Å². The molecule has 1 atom stereocenters. The Balaban J connectivity index is 4.45. The van der Waals surface area contributed by atoms with Gasteiger partial charge < -0.3 is 14.8 Å². The number of amides is 1. The maximum absolute atomic E-state index is 12.5. The SMILES string of the molecule is O=C(CCCCCON(O)O)NC(COC(=O)CCCCCON(O)O)C(=O)OCCCCCCON(O)O. The predicted octanol–water partition coefficient (Wildman–Crippen LogP) is 1.27. The van der Waals surface area contributed by atoms with Crippen LogP contribution in [0.15, 0.2) is 0 Å². The van der Waals surface area contributed by atoms with Crippen molar-refractivity contribution in [3.63, 3.8) is 0 Å². The second-order valence-electron chi connectivity index (χ2n) is 8.26. The van der Waals surface area contributed by atoms with Crippen LogP contribution in [0.5, 0.6) is 0 Å². The molecule has 0 rings (SSSR count). The molecular formula is C21H42N4O14. The lowest BCUT2D eigenvalue weighted by Crippen LogP contribution is -2.45. The molecule has 39 heavy (non-hydrogen) atoms. The largest absolute Gasteiger partial charge is 0.464 e. The van der Waals surface area contributed by atoms with E-state index in [9.17, 15) is 14.4 Å². The third-order valence-corrected chi connectivity index (χ3v) is 5.01. The highest BCUT2D eigenvalue weighted by Crippen LogP contribution is 2.06. The summed E-state index contributed by atoms with van der Waals surface area (Å²) in [6, 6.07) is -1.20. The minimum Gasteiger partial charge on any atom is -0.464 e. The topological polar surface area (TPSA) is 240 Å². The molecule has 1 unspecified atom stereocenters. The summed E-state index contributed by atoms with van der Waals surface area (Å²) in [5, 5.41) is 52.0. The molecule has 0 radical (unpaired) electrons. The Hall–Kier alpha value is -2.07. The number of carbonyl (C=O) groups excluding carboxylic acids is 3. The zero-order valence-corrected chi connectivity index (χ0v) is 21.9. The minimum absolute atomic E-state index is 0.0438. The molecular weight excluding hydrogens is 532 g/mol. The number of hydrogen-bond acceptors (Lipinski definition) is 17. The lowest BCUT2D eigenvalue weighted by atomic mass is 10.2.